The molecule has 3 aliphatic heterocycles. The molecule has 0 bridgehead atoms. The van der Waals surface area contributed by atoms with E-state index in [1.165, 1.54) is 6.20 Å². The van der Waals surface area contributed by atoms with E-state index >= 15 is 4.39 Å². The predicted octanol–water partition coefficient (Wildman–Crippen LogP) is -2.32. The molecule has 66 heavy (non-hydrogen) atoms. The maximum Gasteiger partial charge on any atom is 0.341 e. The minimum atomic E-state index is -1.54. The summed E-state index contributed by atoms with van der Waals surface area (Å²) >= 11 is 0. The number of piperazine rings is 1. The monoisotopic (exact) mass is 932 g/mol. The first-order valence-electron chi connectivity index (χ1n) is 22.8. The van der Waals surface area contributed by atoms with E-state index in [1.54, 1.807) is 21.5 Å². The standard InChI is InChI=1S/C43H65FN10O12/c1-19-20(2)33(56)41(63-30(19)14-45)65-38-26(46)12-27(39(37(38)60)66-42-36(59)32(47)35(58)31(18-55)64-42)48-15-21-16-54(50-49-21)43(3,4)52-9-7-51(8-10-52)29-13-28-23(11-25(29)44)34(57)24(40(61)62)17-53(28)22-5-6-22/h11,13,16-17,19-20,22,26-27,30-33,35-39,41-42,48,55-56,58-60H,5-10,12,14-15,18,45-47H2,1-4H3,(H,61,62). The first-order chi connectivity index (χ1) is 31.3. The topological polar surface area (TPSA) is 325 Å². The number of aliphatic hydroxyl groups is 5. The number of hydrogen-bond donors (Lipinski definition) is 10. The van der Waals surface area contributed by atoms with Gasteiger partial charge in [0.05, 0.1) is 41.8 Å². The van der Waals surface area contributed by atoms with Crippen LogP contribution in [0.5, 0.6) is 0 Å². The van der Waals surface area contributed by atoms with Crippen molar-refractivity contribution in [3.05, 3.63) is 51.8 Å². The van der Waals surface area contributed by atoms with Gasteiger partial charge in [-0.2, -0.15) is 0 Å². The van der Waals surface area contributed by atoms with E-state index in [0.717, 1.165) is 18.9 Å². The van der Waals surface area contributed by atoms with Crippen LogP contribution in [0.3, 0.4) is 0 Å². The van der Waals surface area contributed by atoms with Crippen LogP contribution in [0.15, 0.2) is 29.3 Å². The first kappa shape index (κ1) is 48.7. The number of pyridine rings is 1. The van der Waals surface area contributed by atoms with E-state index in [-0.39, 0.29) is 48.3 Å². The molecule has 0 amide bonds. The molecule has 23 heteroatoms. The van der Waals surface area contributed by atoms with Gasteiger partial charge in [0, 0.05) is 69.0 Å². The highest BCUT2D eigenvalue weighted by Crippen LogP contribution is 2.39. The molecule has 0 spiro atoms. The molecule has 5 heterocycles. The number of carboxylic acid groups (broad SMARTS) is 1. The Balaban J connectivity index is 0.951. The number of carboxylic acids is 1. The highest BCUT2D eigenvalue weighted by atomic mass is 19.1. The number of aliphatic hydroxyl groups excluding tert-OH is 5. The molecule has 8 rings (SSSR count). The average molecular weight is 933 g/mol. The van der Waals surface area contributed by atoms with Crippen molar-refractivity contribution in [3.63, 3.8) is 0 Å². The number of hydrogen-bond acceptors (Lipinski definition) is 19. The normalized spacial score (nSPS) is 36.0. The summed E-state index contributed by atoms with van der Waals surface area (Å²) in [5.74, 6) is -2.27. The van der Waals surface area contributed by atoms with Crippen LogP contribution in [0.1, 0.15) is 69.1 Å². The van der Waals surface area contributed by atoms with Crippen molar-refractivity contribution in [1.29, 1.82) is 0 Å². The number of nitrogens with two attached hydrogens (primary N) is 3. The maximum atomic E-state index is 15.7. The van der Waals surface area contributed by atoms with Crippen molar-refractivity contribution >= 4 is 22.6 Å². The van der Waals surface area contributed by atoms with Gasteiger partial charge in [0.25, 0.3) is 0 Å². The second-order valence-electron chi connectivity index (χ2n) is 19.1. The van der Waals surface area contributed by atoms with Crippen LogP contribution in [0.4, 0.5) is 10.1 Å². The summed E-state index contributed by atoms with van der Waals surface area (Å²) in [5.41, 5.74) is 18.3. The molecular formula is C43H65FN10O12. The minimum Gasteiger partial charge on any atom is -0.477 e. The number of rotatable bonds is 14. The van der Waals surface area contributed by atoms with Crippen LogP contribution >= 0.6 is 0 Å². The van der Waals surface area contributed by atoms with Gasteiger partial charge < -0.3 is 81.6 Å². The zero-order chi connectivity index (χ0) is 47.5. The lowest BCUT2D eigenvalue weighted by Gasteiger charge is -2.49. The number of ether oxygens (including phenoxy) is 4. The molecular weight excluding hydrogens is 868 g/mol. The number of carbonyl (C=O) groups is 1. The Morgan fingerprint density at radius 2 is 1.61 bits per heavy atom. The van der Waals surface area contributed by atoms with E-state index in [2.05, 4.69) is 20.5 Å². The Bertz CT molecular complexity index is 2260. The maximum absolute atomic E-state index is 15.7. The molecule has 15 unspecified atom stereocenters. The number of nitrogens with zero attached hydrogens (tertiary/aromatic N) is 6. The summed E-state index contributed by atoms with van der Waals surface area (Å²) in [7, 11) is 0. The van der Waals surface area contributed by atoms with Gasteiger partial charge in [-0.3, -0.25) is 9.69 Å². The molecule has 2 aromatic heterocycles. The third-order valence-corrected chi connectivity index (χ3v) is 14.6. The zero-order valence-electron chi connectivity index (χ0n) is 37.5. The predicted molar refractivity (Wildman–Crippen MR) is 233 cm³/mol. The number of aromatic nitrogens is 4. The van der Waals surface area contributed by atoms with E-state index < -0.39 is 109 Å². The molecule has 1 aromatic carbocycles. The molecule has 13 N–H and O–H groups in total. The third kappa shape index (κ3) is 9.23. The molecule has 22 nitrogen and oxygen atoms in total. The van der Waals surface area contributed by atoms with Crippen LogP contribution < -0.4 is 32.8 Å². The molecule has 5 aliphatic rings. The Morgan fingerprint density at radius 3 is 2.26 bits per heavy atom. The molecule has 5 fully saturated rings. The number of halogens is 1. The lowest BCUT2D eigenvalue weighted by molar-refractivity contribution is -0.324. The number of nitrogens with one attached hydrogen (secondary N) is 1. The Labute approximate surface area is 380 Å². The molecule has 366 valence electrons. The average Bonchev–Trinajstić information content (AvgIpc) is 4.03. The summed E-state index contributed by atoms with van der Waals surface area (Å²) in [6, 6.07) is 0.0874. The molecule has 3 aromatic rings. The minimum absolute atomic E-state index is 0.0398. The van der Waals surface area contributed by atoms with E-state index in [4.69, 9.17) is 36.1 Å². The van der Waals surface area contributed by atoms with Gasteiger partial charge in [0.15, 0.2) is 12.6 Å². The van der Waals surface area contributed by atoms with Crippen molar-refractivity contribution in [2.45, 2.75) is 145 Å². The van der Waals surface area contributed by atoms with Gasteiger partial charge in [0.2, 0.25) is 5.43 Å². The van der Waals surface area contributed by atoms with E-state index in [9.17, 15) is 40.2 Å². The summed E-state index contributed by atoms with van der Waals surface area (Å²) in [4.78, 5) is 28.9. The summed E-state index contributed by atoms with van der Waals surface area (Å²) in [6.07, 6.45) is -7.03. The quantitative estimate of drug-likeness (QED) is 0.0812. The SMILES string of the molecule is CC1C(CN)OC(OC2C(N)CC(NCc3cn(C(C)(C)N4CCN(c5cc6c(cc5F)c(=O)c(C(=O)O)cn6C5CC5)CC4)nn3)C(OC3OC(CO)C(O)C(N)C3O)C2O)C(O)C1C. The largest absolute Gasteiger partial charge is 0.477 e. The number of aromatic carboxylic acids is 1. The summed E-state index contributed by atoms with van der Waals surface area (Å²) < 4.78 is 43.5. The Morgan fingerprint density at radius 1 is 0.939 bits per heavy atom. The van der Waals surface area contributed by atoms with Crippen LogP contribution in [-0.2, 0) is 31.2 Å². The highest BCUT2D eigenvalue weighted by molar-refractivity contribution is 5.93. The van der Waals surface area contributed by atoms with E-state index in [0.29, 0.717) is 43.1 Å². The van der Waals surface area contributed by atoms with Crippen LogP contribution in [0.25, 0.3) is 10.9 Å². The van der Waals surface area contributed by atoms with Gasteiger partial charge >= 0.3 is 5.97 Å². The summed E-state index contributed by atoms with van der Waals surface area (Å²) in [5, 5.41) is 76.4. The van der Waals surface area contributed by atoms with Gasteiger partial charge in [0.1, 0.15) is 59.8 Å². The second kappa shape index (κ2) is 19.3. The molecule has 0 radical (unpaired) electrons. The molecule has 3 saturated heterocycles. The Hall–Kier alpha value is -3.79. The number of anilines is 1. The fourth-order valence-electron chi connectivity index (χ4n) is 9.92. The fourth-order valence-corrected chi connectivity index (χ4v) is 9.92. The van der Waals surface area contributed by atoms with Crippen molar-refractivity contribution in [2.75, 3.05) is 44.2 Å². The second-order valence-corrected chi connectivity index (χ2v) is 19.1. The number of fused-ring (bicyclic) bond motifs is 1. The number of benzene rings is 1. The molecule has 2 aliphatic carbocycles. The third-order valence-electron chi connectivity index (χ3n) is 14.6. The van der Waals surface area contributed by atoms with Gasteiger partial charge in [-0.25, -0.2) is 13.9 Å². The highest BCUT2D eigenvalue weighted by Gasteiger charge is 2.52. The van der Waals surface area contributed by atoms with E-state index in [1.807, 2.05) is 32.6 Å². The lowest BCUT2D eigenvalue weighted by atomic mass is 9.82. The summed E-state index contributed by atoms with van der Waals surface area (Å²) in [6.45, 7) is 9.40. The van der Waals surface area contributed by atoms with Crippen LogP contribution in [0, 0.1) is 17.7 Å². The van der Waals surface area contributed by atoms with Crippen LogP contribution in [-0.4, -0.2) is 180 Å². The van der Waals surface area contributed by atoms with Crippen LogP contribution in [0.2, 0.25) is 0 Å². The molecule has 2 saturated carbocycles. The van der Waals surface area contributed by atoms with Crippen molar-refractivity contribution in [2.24, 2.45) is 29.0 Å². The van der Waals surface area contributed by atoms with Gasteiger partial charge in [-0.05, 0) is 57.1 Å². The Kier molecular flexibility index (Phi) is 14.2. The zero-order valence-corrected chi connectivity index (χ0v) is 37.5. The van der Waals surface area contributed by atoms with Gasteiger partial charge in [-0.1, -0.05) is 19.1 Å². The van der Waals surface area contributed by atoms with Crippen molar-refractivity contribution in [1.82, 2.24) is 29.8 Å². The smallest absolute Gasteiger partial charge is 0.341 e. The van der Waals surface area contributed by atoms with Crippen molar-refractivity contribution < 1.29 is 58.8 Å². The van der Waals surface area contributed by atoms with Crippen molar-refractivity contribution in [3.8, 4) is 0 Å². The molecule has 15 atom stereocenters. The fraction of sp³-hybridized carbons (Fsp3) is 0.721. The lowest BCUT2D eigenvalue weighted by Crippen LogP contribution is -2.68. The first-order valence-corrected chi connectivity index (χ1v) is 22.8. The van der Waals surface area contributed by atoms with Gasteiger partial charge in [-0.15, -0.1) is 5.10 Å².